The molecule has 1 saturated heterocycles. The molecule has 1 aromatic heterocycles. The van der Waals surface area contributed by atoms with Gasteiger partial charge in [-0.05, 0) is 30.9 Å². The summed E-state index contributed by atoms with van der Waals surface area (Å²) in [6.45, 7) is 15.5. The number of amides is 2. The van der Waals surface area contributed by atoms with E-state index in [2.05, 4.69) is 14.5 Å². The molecule has 10 heteroatoms. The number of hydrogen-bond donors (Lipinski definition) is 0. The second-order valence-corrected chi connectivity index (χ2v) is 7.82. The van der Waals surface area contributed by atoms with Gasteiger partial charge in [0.2, 0.25) is 6.79 Å². The molecule has 0 aromatic carbocycles. The maximum atomic E-state index is 12.1. The number of ether oxygens (including phenoxy) is 3. The van der Waals surface area contributed by atoms with Gasteiger partial charge >= 0.3 is 12.1 Å². The molecular formula is C27H47N3O7. The number of hydrogen-bond acceptors (Lipinski definition) is 8. The van der Waals surface area contributed by atoms with Crippen molar-refractivity contribution in [3.63, 3.8) is 0 Å². The highest BCUT2D eigenvalue weighted by Gasteiger charge is 2.31. The Labute approximate surface area is 222 Å². The summed E-state index contributed by atoms with van der Waals surface area (Å²) in [5, 5.41) is 0. The zero-order valence-electron chi connectivity index (χ0n) is 23.9. The molecule has 0 aliphatic carbocycles. The molecular weight excluding hydrogens is 478 g/mol. The van der Waals surface area contributed by atoms with Crippen molar-refractivity contribution in [1.29, 1.82) is 0 Å². The van der Waals surface area contributed by atoms with Crippen LogP contribution < -0.4 is 0 Å². The largest absolute Gasteiger partial charge is 0.452 e. The lowest BCUT2D eigenvalue weighted by Gasteiger charge is -2.25. The molecule has 1 aliphatic rings. The molecule has 2 amide bonds. The highest BCUT2D eigenvalue weighted by molar-refractivity contribution is 5.84. The van der Waals surface area contributed by atoms with Crippen molar-refractivity contribution >= 4 is 24.4 Å². The van der Waals surface area contributed by atoms with Crippen LogP contribution in [0.4, 0.5) is 4.79 Å². The van der Waals surface area contributed by atoms with E-state index in [1.165, 1.54) is 4.90 Å². The molecule has 1 fully saturated rings. The summed E-state index contributed by atoms with van der Waals surface area (Å²) in [5.74, 6) is -0.302. The first-order valence-corrected chi connectivity index (χ1v) is 13.1. The first-order chi connectivity index (χ1) is 17.8. The lowest BCUT2D eigenvalue weighted by atomic mass is 10.1. The fourth-order valence-electron chi connectivity index (χ4n) is 2.96. The van der Waals surface area contributed by atoms with Crippen molar-refractivity contribution < 1.29 is 33.4 Å². The molecule has 0 radical (unpaired) electrons. The van der Waals surface area contributed by atoms with Crippen LogP contribution in [0, 0.1) is 5.92 Å². The third-order valence-electron chi connectivity index (χ3n) is 4.87. The van der Waals surface area contributed by atoms with Gasteiger partial charge in [0.15, 0.2) is 6.10 Å². The van der Waals surface area contributed by atoms with Crippen molar-refractivity contribution in [3.05, 3.63) is 30.1 Å². The fraction of sp³-hybridized carbons (Fsp3) is 0.667. The summed E-state index contributed by atoms with van der Waals surface area (Å²) in [4.78, 5) is 51.8. The monoisotopic (exact) mass is 525 g/mol. The van der Waals surface area contributed by atoms with Gasteiger partial charge < -0.3 is 24.0 Å². The Bertz CT molecular complexity index is 739. The second kappa shape index (κ2) is 23.2. The summed E-state index contributed by atoms with van der Waals surface area (Å²) < 4.78 is 14.1. The zero-order chi connectivity index (χ0) is 28.6. The summed E-state index contributed by atoms with van der Waals surface area (Å²) in [5.41, 5.74) is 0.899. The predicted octanol–water partition coefficient (Wildman–Crippen LogP) is 4.46. The van der Waals surface area contributed by atoms with Crippen molar-refractivity contribution in [2.24, 2.45) is 5.92 Å². The SMILES string of the molecule is CC.CC.CCC(=O)OC(C(=O)N1CCCC1)C(C)C.CN(CCc1ccccn1)C(=O)OCOC=O. The second-order valence-electron chi connectivity index (χ2n) is 7.82. The number of rotatable bonds is 10. The number of aromatic nitrogens is 1. The standard InChI is InChI=1S/C12H21NO3.C11H14N2O4.2C2H6/c1-4-10(14)16-11(9(2)3)12(15)13-7-5-6-8-13;1-13(11(15)17-9-16-8-14)7-5-10-4-2-3-6-12-10;2*1-2/h9,11H,4-8H2,1-3H3;2-4,6,8H,5,7,9H2,1H3;2*1-2H3. The average Bonchev–Trinajstić information content (AvgIpc) is 3.48. The van der Waals surface area contributed by atoms with E-state index in [9.17, 15) is 19.2 Å². The molecule has 1 aromatic rings. The molecule has 1 atom stereocenters. The minimum atomic E-state index is -0.606. The van der Waals surface area contributed by atoms with Crippen LogP contribution in [-0.4, -0.2) is 78.8 Å². The van der Waals surface area contributed by atoms with E-state index in [4.69, 9.17) is 4.74 Å². The number of pyridine rings is 1. The van der Waals surface area contributed by atoms with Crippen LogP contribution in [0.15, 0.2) is 24.4 Å². The minimum absolute atomic E-state index is 0.0311. The molecule has 1 aliphatic heterocycles. The lowest BCUT2D eigenvalue weighted by Crippen LogP contribution is -2.42. The first kappa shape index (κ1) is 36.0. The first-order valence-electron chi connectivity index (χ1n) is 13.1. The van der Waals surface area contributed by atoms with Crippen molar-refractivity contribution in [1.82, 2.24) is 14.8 Å². The molecule has 37 heavy (non-hydrogen) atoms. The van der Waals surface area contributed by atoms with Gasteiger partial charge in [0.25, 0.3) is 12.4 Å². The lowest BCUT2D eigenvalue weighted by molar-refractivity contribution is -0.162. The Balaban J connectivity index is 0. The summed E-state index contributed by atoms with van der Waals surface area (Å²) in [6, 6.07) is 5.60. The Morgan fingerprint density at radius 3 is 2.22 bits per heavy atom. The van der Waals surface area contributed by atoms with Crippen LogP contribution in [0.3, 0.4) is 0 Å². The average molecular weight is 526 g/mol. The highest BCUT2D eigenvalue weighted by Crippen LogP contribution is 2.16. The van der Waals surface area contributed by atoms with E-state index in [1.54, 1.807) is 25.1 Å². The van der Waals surface area contributed by atoms with Crippen molar-refractivity contribution in [3.8, 4) is 0 Å². The summed E-state index contributed by atoms with van der Waals surface area (Å²) in [6.07, 6.45) is 3.62. The van der Waals surface area contributed by atoms with E-state index >= 15 is 0 Å². The van der Waals surface area contributed by atoms with Crippen molar-refractivity contribution in [2.45, 2.75) is 80.3 Å². The van der Waals surface area contributed by atoms with E-state index < -0.39 is 12.2 Å². The summed E-state index contributed by atoms with van der Waals surface area (Å²) in [7, 11) is 1.60. The summed E-state index contributed by atoms with van der Waals surface area (Å²) >= 11 is 0. The molecule has 0 N–H and O–H groups in total. The third kappa shape index (κ3) is 16.2. The van der Waals surface area contributed by atoms with Crippen LogP contribution in [0.2, 0.25) is 0 Å². The highest BCUT2D eigenvalue weighted by atomic mass is 16.7. The smallest absolute Gasteiger partial charge is 0.412 e. The van der Waals surface area contributed by atoms with Gasteiger partial charge in [-0.25, -0.2) is 4.79 Å². The molecule has 1 unspecified atom stereocenters. The van der Waals surface area contributed by atoms with E-state index in [0.717, 1.165) is 31.6 Å². The van der Waals surface area contributed by atoms with E-state index in [-0.39, 0.29) is 31.1 Å². The van der Waals surface area contributed by atoms with Gasteiger partial charge in [-0.1, -0.05) is 54.5 Å². The Hall–Kier alpha value is -3.17. The number of carbonyl (C=O) groups excluding carboxylic acids is 4. The number of nitrogens with zero attached hydrogens (tertiary/aromatic N) is 3. The minimum Gasteiger partial charge on any atom is -0.452 e. The Morgan fingerprint density at radius 1 is 1.11 bits per heavy atom. The number of esters is 1. The van der Waals surface area contributed by atoms with E-state index in [0.29, 0.717) is 19.4 Å². The van der Waals surface area contributed by atoms with Gasteiger partial charge in [-0.15, -0.1) is 0 Å². The topological polar surface area (TPSA) is 115 Å². The van der Waals surface area contributed by atoms with Crippen LogP contribution in [0.1, 0.15) is 73.4 Å². The number of carbonyl (C=O) groups is 4. The van der Waals surface area contributed by atoms with Gasteiger partial charge in [0, 0.05) is 51.4 Å². The van der Waals surface area contributed by atoms with Crippen molar-refractivity contribution in [2.75, 3.05) is 33.5 Å². The fourth-order valence-corrected chi connectivity index (χ4v) is 2.96. The maximum absolute atomic E-state index is 12.1. The van der Waals surface area contributed by atoms with Crippen LogP contribution >= 0.6 is 0 Å². The predicted molar refractivity (Wildman–Crippen MR) is 143 cm³/mol. The quantitative estimate of drug-likeness (QED) is 0.190. The van der Waals surface area contributed by atoms with Crippen LogP contribution in [0.25, 0.3) is 0 Å². The maximum Gasteiger partial charge on any atom is 0.412 e. The van der Waals surface area contributed by atoms with Gasteiger partial charge in [0.1, 0.15) is 0 Å². The molecule has 10 nitrogen and oxygen atoms in total. The normalized spacial score (nSPS) is 12.3. The Morgan fingerprint density at radius 2 is 1.73 bits per heavy atom. The van der Waals surface area contributed by atoms with Gasteiger partial charge in [-0.3, -0.25) is 19.4 Å². The number of likely N-dealkylation sites (N-methyl/N-ethyl adjacent to an activating group) is 1. The molecule has 2 heterocycles. The van der Waals surface area contributed by atoms with E-state index in [1.807, 2.05) is 59.7 Å². The molecule has 0 spiro atoms. The molecule has 2 rings (SSSR count). The third-order valence-corrected chi connectivity index (χ3v) is 4.87. The van der Waals surface area contributed by atoms with Gasteiger partial charge in [0.05, 0.1) is 0 Å². The molecule has 0 saturated carbocycles. The number of likely N-dealkylation sites (tertiary alicyclic amines) is 1. The zero-order valence-corrected chi connectivity index (χ0v) is 23.9. The molecule has 0 bridgehead atoms. The molecule has 212 valence electrons. The van der Waals surface area contributed by atoms with Gasteiger partial charge in [-0.2, -0.15) is 0 Å². The Kier molecular flexibility index (Phi) is 22.6. The van der Waals surface area contributed by atoms with Crippen LogP contribution in [-0.2, 0) is 35.0 Å². The van der Waals surface area contributed by atoms with Crippen LogP contribution in [0.5, 0.6) is 0 Å².